The molecule has 0 aromatic carbocycles. The summed E-state index contributed by atoms with van der Waals surface area (Å²) >= 11 is 0. The fourth-order valence-corrected chi connectivity index (χ4v) is 5.36. The quantitative estimate of drug-likeness (QED) is 0.525. The number of ether oxygens (including phenoxy) is 1. The van der Waals surface area contributed by atoms with Gasteiger partial charge in [-0.1, -0.05) is 39.3 Å². The van der Waals surface area contributed by atoms with E-state index in [0.29, 0.717) is 5.41 Å². The summed E-state index contributed by atoms with van der Waals surface area (Å²) in [4.78, 5) is 11.4. The van der Waals surface area contributed by atoms with Crippen molar-refractivity contribution in [1.29, 1.82) is 0 Å². The summed E-state index contributed by atoms with van der Waals surface area (Å²) in [6.07, 6.45) is 7.23. The molecule has 0 aromatic heterocycles. The highest BCUT2D eigenvalue weighted by molar-refractivity contribution is 5.66. The van der Waals surface area contributed by atoms with Gasteiger partial charge in [0.1, 0.15) is 6.10 Å². The second-order valence-corrected chi connectivity index (χ2v) is 7.92. The molecular weight excluding hydrogens is 236 g/mol. The van der Waals surface area contributed by atoms with Crippen molar-refractivity contribution in [1.82, 2.24) is 0 Å². The van der Waals surface area contributed by atoms with Crippen molar-refractivity contribution in [2.75, 3.05) is 0 Å². The number of fused-ring (bicyclic) bond motifs is 1. The molecular formula is C17H26O2. The van der Waals surface area contributed by atoms with Gasteiger partial charge in [0.15, 0.2) is 0 Å². The molecule has 19 heavy (non-hydrogen) atoms. The summed E-state index contributed by atoms with van der Waals surface area (Å²) in [5.74, 6) is 0.673. The molecule has 2 bridgehead atoms. The van der Waals surface area contributed by atoms with Crippen molar-refractivity contribution in [2.45, 2.75) is 66.4 Å². The van der Waals surface area contributed by atoms with Crippen molar-refractivity contribution in [2.24, 2.45) is 22.2 Å². The van der Waals surface area contributed by atoms with E-state index < -0.39 is 0 Å². The summed E-state index contributed by atoms with van der Waals surface area (Å²) < 4.78 is 5.64. The Morgan fingerprint density at radius 2 is 2.00 bits per heavy atom. The lowest BCUT2D eigenvalue weighted by Crippen LogP contribution is -2.50. The van der Waals surface area contributed by atoms with Crippen molar-refractivity contribution in [3.63, 3.8) is 0 Å². The van der Waals surface area contributed by atoms with E-state index in [1.54, 1.807) is 5.57 Å². The molecule has 0 amide bonds. The van der Waals surface area contributed by atoms with Crippen LogP contribution in [0.15, 0.2) is 11.6 Å². The third-order valence-electron chi connectivity index (χ3n) is 6.63. The van der Waals surface area contributed by atoms with Crippen LogP contribution in [0.1, 0.15) is 60.3 Å². The number of carbonyl (C=O) groups excluding carboxylic acids is 1. The van der Waals surface area contributed by atoms with Crippen LogP contribution in [-0.4, -0.2) is 12.1 Å². The summed E-state index contributed by atoms with van der Waals surface area (Å²) in [6.45, 7) is 11.0. The fourth-order valence-electron chi connectivity index (χ4n) is 5.36. The summed E-state index contributed by atoms with van der Waals surface area (Å²) in [6, 6.07) is 0. The van der Waals surface area contributed by atoms with Crippen LogP contribution in [0, 0.1) is 22.2 Å². The van der Waals surface area contributed by atoms with Crippen LogP contribution in [-0.2, 0) is 9.53 Å². The number of carbonyl (C=O) groups is 1. The second-order valence-electron chi connectivity index (χ2n) is 7.92. The third kappa shape index (κ3) is 1.46. The van der Waals surface area contributed by atoms with Crippen LogP contribution < -0.4 is 0 Å². The molecule has 0 heterocycles. The Labute approximate surface area is 116 Å². The van der Waals surface area contributed by atoms with Crippen molar-refractivity contribution in [3.8, 4) is 0 Å². The van der Waals surface area contributed by atoms with Gasteiger partial charge in [0.2, 0.25) is 0 Å². The van der Waals surface area contributed by atoms with Gasteiger partial charge in [-0.25, -0.2) is 0 Å². The molecule has 2 fully saturated rings. The van der Waals surface area contributed by atoms with Gasteiger partial charge in [0.05, 0.1) is 0 Å². The van der Waals surface area contributed by atoms with Gasteiger partial charge in [0, 0.05) is 24.2 Å². The molecule has 0 aliphatic heterocycles. The number of hydrogen-bond acceptors (Lipinski definition) is 2. The molecule has 0 saturated heterocycles. The Morgan fingerprint density at radius 3 is 2.63 bits per heavy atom. The number of allylic oxidation sites excluding steroid dienone is 1. The fraction of sp³-hybridized carbons (Fsp3) is 0.824. The smallest absolute Gasteiger partial charge is 0.302 e. The molecule has 3 aliphatic rings. The Hall–Kier alpha value is -0.790. The molecule has 3 atom stereocenters. The highest BCUT2D eigenvalue weighted by Gasteiger charge is 2.66. The first-order chi connectivity index (χ1) is 8.72. The molecule has 2 saturated carbocycles. The first-order valence-electron chi connectivity index (χ1n) is 7.60. The van der Waals surface area contributed by atoms with Gasteiger partial charge >= 0.3 is 5.97 Å². The molecule has 2 nitrogen and oxygen atoms in total. The molecule has 106 valence electrons. The van der Waals surface area contributed by atoms with Crippen LogP contribution in [0.25, 0.3) is 0 Å². The zero-order valence-corrected chi connectivity index (χ0v) is 12.9. The first-order valence-corrected chi connectivity index (χ1v) is 7.60. The van der Waals surface area contributed by atoms with Gasteiger partial charge in [0.25, 0.3) is 0 Å². The van der Waals surface area contributed by atoms with Crippen LogP contribution in [0.5, 0.6) is 0 Å². The first kappa shape index (κ1) is 13.2. The van der Waals surface area contributed by atoms with Gasteiger partial charge < -0.3 is 4.74 Å². The summed E-state index contributed by atoms with van der Waals surface area (Å²) in [7, 11) is 0. The van der Waals surface area contributed by atoms with Crippen molar-refractivity contribution >= 4 is 5.97 Å². The standard InChI is InChI=1S/C17H26O2/c1-11(18)19-14-7-6-13-15(2,3)12-8-9-17(13,10-12)16(14,4)5/h6,12,14H,7-10H2,1-5H3. The van der Waals surface area contributed by atoms with Gasteiger partial charge in [-0.3, -0.25) is 4.79 Å². The van der Waals surface area contributed by atoms with Gasteiger partial charge in [-0.15, -0.1) is 0 Å². The monoisotopic (exact) mass is 262 g/mol. The normalized spacial score (nSPS) is 41.6. The molecule has 3 aliphatic carbocycles. The van der Waals surface area contributed by atoms with Crippen LogP contribution >= 0.6 is 0 Å². The molecule has 2 heteroatoms. The lowest BCUT2D eigenvalue weighted by Gasteiger charge is -2.53. The Kier molecular flexibility index (Phi) is 2.54. The van der Waals surface area contributed by atoms with Gasteiger partial charge in [-0.05, 0) is 30.6 Å². The highest BCUT2D eigenvalue weighted by atomic mass is 16.5. The van der Waals surface area contributed by atoms with E-state index in [-0.39, 0.29) is 22.9 Å². The summed E-state index contributed by atoms with van der Waals surface area (Å²) in [5, 5.41) is 0. The average molecular weight is 262 g/mol. The minimum Gasteiger partial charge on any atom is -0.462 e. The van der Waals surface area contributed by atoms with E-state index in [1.165, 1.54) is 26.2 Å². The number of rotatable bonds is 1. The Bertz CT molecular complexity index is 458. The SMILES string of the molecule is CC(=O)OC1CC=C2C(C)(C)C3CCC2(C3)C1(C)C. The minimum atomic E-state index is -0.141. The maximum atomic E-state index is 11.4. The predicted molar refractivity (Wildman–Crippen MR) is 75.6 cm³/mol. The van der Waals surface area contributed by atoms with Crippen molar-refractivity contribution in [3.05, 3.63) is 11.6 Å². The molecule has 0 radical (unpaired) electrons. The summed E-state index contributed by atoms with van der Waals surface area (Å²) in [5.41, 5.74) is 2.34. The van der Waals surface area contributed by atoms with Crippen LogP contribution in [0.2, 0.25) is 0 Å². The van der Waals surface area contributed by atoms with Crippen LogP contribution in [0.3, 0.4) is 0 Å². The molecule has 3 unspecified atom stereocenters. The maximum absolute atomic E-state index is 11.4. The lowest BCUT2D eigenvalue weighted by molar-refractivity contribution is -0.159. The van der Waals surface area contributed by atoms with E-state index >= 15 is 0 Å². The number of esters is 1. The van der Waals surface area contributed by atoms with E-state index in [4.69, 9.17) is 4.74 Å². The molecule has 1 spiro atoms. The average Bonchev–Trinajstić information content (AvgIpc) is 2.79. The Balaban J connectivity index is 2.05. The number of hydrogen-bond donors (Lipinski definition) is 0. The minimum absolute atomic E-state index is 0.0430. The Morgan fingerprint density at radius 1 is 1.32 bits per heavy atom. The zero-order chi connectivity index (χ0) is 14.1. The lowest BCUT2D eigenvalue weighted by atomic mass is 9.52. The molecule has 0 N–H and O–H groups in total. The van der Waals surface area contributed by atoms with E-state index in [9.17, 15) is 4.79 Å². The van der Waals surface area contributed by atoms with E-state index in [1.807, 2.05) is 0 Å². The predicted octanol–water partition coefficient (Wildman–Crippen LogP) is 4.10. The maximum Gasteiger partial charge on any atom is 0.302 e. The van der Waals surface area contributed by atoms with E-state index in [0.717, 1.165) is 12.3 Å². The van der Waals surface area contributed by atoms with Crippen LogP contribution in [0.4, 0.5) is 0 Å². The molecule has 3 rings (SSSR count). The largest absolute Gasteiger partial charge is 0.462 e. The third-order valence-corrected chi connectivity index (χ3v) is 6.63. The highest BCUT2D eigenvalue weighted by Crippen LogP contribution is 2.73. The molecule has 0 aromatic rings. The zero-order valence-electron chi connectivity index (χ0n) is 12.9. The topological polar surface area (TPSA) is 26.3 Å². The van der Waals surface area contributed by atoms with Crippen molar-refractivity contribution < 1.29 is 9.53 Å². The van der Waals surface area contributed by atoms with E-state index in [2.05, 4.69) is 33.8 Å². The van der Waals surface area contributed by atoms with Gasteiger partial charge in [-0.2, -0.15) is 0 Å². The second kappa shape index (κ2) is 3.65.